The van der Waals surface area contributed by atoms with Crippen LogP contribution in [0.3, 0.4) is 0 Å². The van der Waals surface area contributed by atoms with Crippen molar-refractivity contribution in [2.45, 2.75) is 33.2 Å². The molecule has 0 unspecified atom stereocenters. The van der Waals surface area contributed by atoms with Crippen molar-refractivity contribution in [3.8, 4) is 11.5 Å². The van der Waals surface area contributed by atoms with Gasteiger partial charge in [0.2, 0.25) is 0 Å². The Balaban J connectivity index is 2.12. The number of benzene rings is 2. The number of ether oxygens (including phenoxy) is 2. The predicted octanol–water partition coefficient (Wildman–Crippen LogP) is 4.90. The number of aliphatic hydroxyl groups is 1. The fourth-order valence-electron chi connectivity index (χ4n) is 4.19. The molecule has 1 saturated heterocycles. The predicted molar refractivity (Wildman–Crippen MR) is 137 cm³/mol. The highest BCUT2D eigenvalue weighted by Crippen LogP contribution is 2.42. The molecule has 3 rings (SSSR count). The number of carbonyl (C=O) groups is 2. The normalized spacial score (nSPS) is 17.3. The van der Waals surface area contributed by atoms with Gasteiger partial charge < -0.3 is 24.4 Å². The second-order valence-corrected chi connectivity index (χ2v) is 8.72. The topological polar surface area (TPSA) is 79.3 Å². The summed E-state index contributed by atoms with van der Waals surface area (Å²) >= 11 is 6.00. The number of nitrogens with zero attached hydrogens (tertiary/aromatic N) is 2. The first-order valence-corrected chi connectivity index (χ1v) is 12.3. The minimum atomic E-state index is -0.768. The summed E-state index contributed by atoms with van der Waals surface area (Å²) in [5, 5.41) is 11.7. The fourth-order valence-corrected chi connectivity index (χ4v) is 4.32. The van der Waals surface area contributed by atoms with E-state index in [1.54, 1.807) is 43.5 Å². The van der Waals surface area contributed by atoms with Gasteiger partial charge in [0, 0.05) is 23.7 Å². The van der Waals surface area contributed by atoms with Crippen LogP contribution in [0.5, 0.6) is 11.5 Å². The number of aliphatic hydroxyl groups excluding tert-OH is 1. The molecular weight excluding hydrogens is 468 g/mol. The van der Waals surface area contributed by atoms with Crippen LogP contribution in [0, 0.1) is 0 Å². The molecule has 0 bridgehead atoms. The first-order chi connectivity index (χ1) is 16.9. The lowest BCUT2D eigenvalue weighted by Gasteiger charge is -2.28. The number of likely N-dealkylation sites (N-methyl/N-ethyl adjacent to an activating group) is 1. The van der Waals surface area contributed by atoms with Crippen LogP contribution in [-0.4, -0.2) is 66.5 Å². The zero-order chi connectivity index (χ0) is 25.5. The lowest BCUT2D eigenvalue weighted by molar-refractivity contribution is -0.140. The largest absolute Gasteiger partial charge is 0.507 e. The molecule has 0 saturated carbocycles. The van der Waals surface area contributed by atoms with Crippen LogP contribution < -0.4 is 9.47 Å². The highest BCUT2D eigenvalue weighted by atomic mass is 35.5. The molecule has 7 nitrogen and oxygen atoms in total. The van der Waals surface area contributed by atoms with Crippen molar-refractivity contribution in [3.05, 3.63) is 64.2 Å². The lowest BCUT2D eigenvalue weighted by atomic mass is 9.95. The molecule has 0 aromatic heterocycles. The van der Waals surface area contributed by atoms with Crippen molar-refractivity contribution in [1.82, 2.24) is 9.80 Å². The van der Waals surface area contributed by atoms with E-state index >= 15 is 0 Å². The van der Waals surface area contributed by atoms with Crippen LogP contribution in [0.1, 0.15) is 44.4 Å². The number of hydrogen-bond acceptors (Lipinski definition) is 6. The first kappa shape index (κ1) is 26.6. The molecule has 2 aromatic rings. The zero-order valence-corrected chi connectivity index (χ0v) is 21.5. The minimum absolute atomic E-state index is 0.0427. The Morgan fingerprint density at radius 2 is 1.74 bits per heavy atom. The molecule has 1 fully saturated rings. The molecule has 1 atom stereocenters. The summed E-state index contributed by atoms with van der Waals surface area (Å²) in [5.74, 6) is -0.511. The van der Waals surface area contributed by atoms with Gasteiger partial charge in [0.1, 0.15) is 5.76 Å². The number of carbonyl (C=O) groups excluding carboxylic acids is 2. The maximum absolute atomic E-state index is 13.2. The van der Waals surface area contributed by atoms with E-state index in [9.17, 15) is 14.7 Å². The van der Waals surface area contributed by atoms with Gasteiger partial charge in [-0.25, -0.2) is 0 Å². The Bertz CT molecular complexity index is 1080. The summed E-state index contributed by atoms with van der Waals surface area (Å²) in [6, 6.07) is 11.1. The molecule has 1 aliphatic rings. The summed E-state index contributed by atoms with van der Waals surface area (Å²) in [7, 11) is 1.54. The Morgan fingerprint density at radius 1 is 1.06 bits per heavy atom. The van der Waals surface area contributed by atoms with Crippen LogP contribution in [0.2, 0.25) is 5.02 Å². The van der Waals surface area contributed by atoms with Crippen molar-refractivity contribution >= 4 is 29.1 Å². The average Bonchev–Trinajstić information content (AvgIpc) is 3.13. The summed E-state index contributed by atoms with van der Waals surface area (Å²) in [6.07, 6.45) is 0.845. The molecule has 0 radical (unpaired) electrons. The highest BCUT2D eigenvalue weighted by Gasteiger charge is 2.46. The molecule has 188 valence electrons. The number of ketones is 1. The first-order valence-electron chi connectivity index (χ1n) is 11.9. The second-order valence-electron chi connectivity index (χ2n) is 8.29. The third-order valence-electron chi connectivity index (χ3n) is 6.17. The quantitative estimate of drug-likeness (QED) is 0.268. The van der Waals surface area contributed by atoms with Gasteiger partial charge in [-0.05, 0) is 61.5 Å². The van der Waals surface area contributed by atoms with E-state index in [4.69, 9.17) is 21.1 Å². The van der Waals surface area contributed by atoms with Gasteiger partial charge in [0.25, 0.3) is 11.7 Å². The number of hydrogen-bond donors (Lipinski definition) is 1. The SMILES string of the molecule is CCCOc1ccc([C@H]2C(=C(O)c3ccc(Cl)cc3)C(=O)C(=O)N2CCN(CC)CC)cc1OC. The second kappa shape index (κ2) is 12.1. The van der Waals surface area contributed by atoms with Crippen molar-refractivity contribution < 1.29 is 24.2 Å². The Morgan fingerprint density at radius 3 is 2.34 bits per heavy atom. The Labute approximate surface area is 211 Å². The molecule has 8 heteroatoms. The maximum atomic E-state index is 13.2. The van der Waals surface area contributed by atoms with E-state index in [1.165, 1.54) is 4.90 Å². The van der Waals surface area contributed by atoms with Crippen molar-refractivity contribution in [3.63, 3.8) is 0 Å². The molecular formula is C27H33ClN2O5. The van der Waals surface area contributed by atoms with Crippen molar-refractivity contribution in [2.24, 2.45) is 0 Å². The minimum Gasteiger partial charge on any atom is -0.507 e. The molecule has 1 amide bonds. The van der Waals surface area contributed by atoms with E-state index in [-0.39, 0.29) is 11.3 Å². The van der Waals surface area contributed by atoms with Crippen LogP contribution in [0.4, 0.5) is 0 Å². The lowest BCUT2D eigenvalue weighted by Crippen LogP contribution is -2.38. The van der Waals surface area contributed by atoms with Gasteiger partial charge in [-0.1, -0.05) is 38.4 Å². The summed E-state index contributed by atoms with van der Waals surface area (Å²) in [6.45, 7) is 9.25. The van der Waals surface area contributed by atoms with E-state index in [0.29, 0.717) is 47.3 Å². The molecule has 1 heterocycles. The number of methoxy groups -OCH3 is 1. The molecule has 0 spiro atoms. The summed E-state index contributed by atoms with van der Waals surface area (Å²) < 4.78 is 11.3. The third kappa shape index (κ3) is 5.80. The van der Waals surface area contributed by atoms with Crippen LogP contribution in [0.15, 0.2) is 48.0 Å². The van der Waals surface area contributed by atoms with Crippen molar-refractivity contribution in [1.29, 1.82) is 0 Å². The molecule has 2 aromatic carbocycles. The Kier molecular flexibility index (Phi) is 9.18. The Hall–Kier alpha value is -3.03. The number of Topliss-reactive ketones (excluding diaryl/α,β-unsaturated/α-hetero) is 1. The van der Waals surface area contributed by atoms with Gasteiger partial charge in [-0.3, -0.25) is 9.59 Å². The van der Waals surface area contributed by atoms with Crippen LogP contribution >= 0.6 is 11.6 Å². The zero-order valence-electron chi connectivity index (χ0n) is 20.7. The molecule has 1 aliphatic heterocycles. The summed E-state index contributed by atoms with van der Waals surface area (Å²) in [5.41, 5.74) is 1.11. The number of halogens is 1. The average molecular weight is 501 g/mol. The smallest absolute Gasteiger partial charge is 0.295 e. The highest BCUT2D eigenvalue weighted by molar-refractivity contribution is 6.46. The van der Waals surface area contributed by atoms with E-state index in [2.05, 4.69) is 18.7 Å². The van der Waals surface area contributed by atoms with E-state index in [1.807, 2.05) is 13.0 Å². The van der Waals surface area contributed by atoms with Crippen molar-refractivity contribution in [2.75, 3.05) is 39.9 Å². The van der Waals surface area contributed by atoms with Gasteiger partial charge in [0.15, 0.2) is 11.5 Å². The third-order valence-corrected chi connectivity index (χ3v) is 6.43. The van der Waals surface area contributed by atoms with Gasteiger partial charge in [-0.15, -0.1) is 0 Å². The van der Waals surface area contributed by atoms with Gasteiger partial charge in [-0.2, -0.15) is 0 Å². The van der Waals surface area contributed by atoms with Crippen LogP contribution in [0.25, 0.3) is 5.76 Å². The van der Waals surface area contributed by atoms with Gasteiger partial charge in [0.05, 0.1) is 25.3 Å². The number of rotatable bonds is 11. The van der Waals surface area contributed by atoms with E-state index < -0.39 is 17.7 Å². The maximum Gasteiger partial charge on any atom is 0.295 e. The standard InChI is InChI=1S/C27H33ClN2O5/c1-5-16-35-21-13-10-19(17-22(21)34-4)24-23(25(31)18-8-11-20(28)12-9-18)26(32)27(33)30(24)15-14-29(6-2)7-3/h8-13,17,24,31H,5-7,14-16H2,1-4H3/t24-/m0/s1. The van der Waals surface area contributed by atoms with Gasteiger partial charge >= 0.3 is 0 Å². The number of amides is 1. The number of likely N-dealkylation sites (tertiary alicyclic amines) is 1. The molecule has 35 heavy (non-hydrogen) atoms. The molecule has 0 aliphatic carbocycles. The fraction of sp³-hybridized carbons (Fsp3) is 0.407. The molecule has 1 N–H and O–H groups in total. The van der Waals surface area contributed by atoms with Crippen LogP contribution in [-0.2, 0) is 9.59 Å². The van der Waals surface area contributed by atoms with E-state index in [0.717, 1.165) is 19.5 Å². The summed E-state index contributed by atoms with van der Waals surface area (Å²) in [4.78, 5) is 30.1. The monoisotopic (exact) mass is 500 g/mol.